The van der Waals surface area contributed by atoms with Crippen molar-refractivity contribution in [3.05, 3.63) is 0 Å². The molecule has 0 aliphatic carbocycles. The fourth-order valence-corrected chi connectivity index (χ4v) is 3.31. The van der Waals surface area contributed by atoms with Crippen LogP contribution in [0.1, 0.15) is 26.2 Å². The first-order chi connectivity index (χ1) is 6.18. The number of halogens is 1. The van der Waals surface area contributed by atoms with E-state index in [1.807, 2.05) is 0 Å². The third kappa shape index (κ3) is 6.49. The first-order valence-electron chi connectivity index (χ1n) is 4.93. The van der Waals surface area contributed by atoms with Gasteiger partial charge in [0.1, 0.15) is 0 Å². The zero-order valence-electron chi connectivity index (χ0n) is 8.94. The first kappa shape index (κ1) is 13.4. The third-order valence-electron chi connectivity index (χ3n) is 2.07. The molecule has 0 aliphatic heterocycles. The van der Waals surface area contributed by atoms with Crippen LogP contribution in [0.25, 0.3) is 0 Å². The highest BCUT2D eigenvalue weighted by Gasteiger charge is 2.28. The Kier molecular flexibility index (Phi) is 8.05. The molecule has 0 bridgehead atoms. The highest BCUT2D eigenvalue weighted by atomic mass is 35.5. The van der Waals surface area contributed by atoms with Gasteiger partial charge in [0.05, 0.1) is 0 Å². The number of hydrogen-bond acceptors (Lipinski definition) is 2. The van der Waals surface area contributed by atoms with Crippen molar-refractivity contribution in [2.75, 3.05) is 19.6 Å². The van der Waals surface area contributed by atoms with Gasteiger partial charge in [0.25, 0.3) is 0 Å². The summed E-state index contributed by atoms with van der Waals surface area (Å²) in [5, 5.41) is 0. The van der Waals surface area contributed by atoms with Crippen molar-refractivity contribution >= 4 is 20.2 Å². The molecule has 13 heavy (non-hydrogen) atoms. The number of unbranched alkanes of at least 4 members (excludes halogenated alkanes) is 1. The number of hydrogen-bond donors (Lipinski definition) is 0. The lowest BCUT2D eigenvalue weighted by molar-refractivity contribution is 0.201. The minimum absolute atomic E-state index is 0.725. The molecule has 0 aromatic carbocycles. The van der Waals surface area contributed by atoms with E-state index in [0.29, 0.717) is 0 Å². The minimum Gasteiger partial charge on any atom is -0.398 e. The van der Waals surface area contributed by atoms with Crippen LogP contribution in [0.4, 0.5) is 0 Å². The van der Waals surface area contributed by atoms with Gasteiger partial charge < -0.3 is 8.85 Å². The van der Waals surface area contributed by atoms with Gasteiger partial charge in [-0.2, -0.15) is 0 Å². The Morgan fingerprint density at radius 1 is 1.31 bits per heavy atom. The topological polar surface area (TPSA) is 18.5 Å². The Labute approximate surface area is 87.8 Å². The fraction of sp³-hybridized carbons (Fsp3) is 1.00. The molecule has 4 heteroatoms. The quantitative estimate of drug-likeness (QED) is 0.358. The Hall–Kier alpha value is 0.427. The molecule has 0 amide bonds. The molecule has 0 radical (unpaired) electrons. The maximum Gasteiger partial charge on any atom is 0.334 e. The normalized spacial score (nSPS) is 15.7. The zero-order valence-corrected chi connectivity index (χ0v) is 10.7. The molecule has 0 saturated carbocycles. The maximum atomic E-state index is 5.78. The SMILES string of the molecule is CCC[Si](C)(OC)OCCCCCl. The number of rotatable bonds is 8. The van der Waals surface area contributed by atoms with Gasteiger partial charge in [-0.1, -0.05) is 13.3 Å². The van der Waals surface area contributed by atoms with Crippen LogP contribution >= 0.6 is 11.6 Å². The molecule has 0 N–H and O–H groups in total. The molecule has 0 aromatic rings. The summed E-state index contributed by atoms with van der Waals surface area (Å²) in [6.07, 6.45) is 3.20. The lowest BCUT2D eigenvalue weighted by Crippen LogP contribution is -2.37. The van der Waals surface area contributed by atoms with Crippen LogP contribution in [-0.2, 0) is 8.85 Å². The fourth-order valence-electron chi connectivity index (χ4n) is 1.17. The molecule has 1 atom stereocenters. The predicted octanol–water partition coefficient (Wildman–Crippen LogP) is 3.15. The summed E-state index contributed by atoms with van der Waals surface area (Å²) in [4.78, 5) is 0. The third-order valence-corrected chi connectivity index (χ3v) is 5.43. The second kappa shape index (κ2) is 7.80. The van der Waals surface area contributed by atoms with Gasteiger partial charge in [0, 0.05) is 19.6 Å². The molecule has 80 valence electrons. The second-order valence-corrected chi connectivity index (χ2v) is 7.17. The Morgan fingerprint density at radius 2 is 2.00 bits per heavy atom. The van der Waals surface area contributed by atoms with Gasteiger partial charge in [-0.15, -0.1) is 11.6 Å². The average Bonchev–Trinajstić information content (AvgIpc) is 2.13. The van der Waals surface area contributed by atoms with Crippen LogP contribution < -0.4 is 0 Å². The van der Waals surface area contributed by atoms with E-state index in [1.54, 1.807) is 7.11 Å². The standard InChI is InChI=1S/C9H21ClO2Si/c1-4-9-13(3,11-2)12-8-6-5-7-10/h4-9H2,1-3H3. The van der Waals surface area contributed by atoms with Crippen molar-refractivity contribution in [2.45, 2.75) is 38.8 Å². The van der Waals surface area contributed by atoms with Gasteiger partial charge in [-0.25, -0.2) is 0 Å². The molecule has 0 aliphatic rings. The van der Waals surface area contributed by atoms with Crippen molar-refractivity contribution in [2.24, 2.45) is 0 Å². The van der Waals surface area contributed by atoms with E-state index >= 15 is 0 Å². The molecule has 1 unspecified atom stereocenters. The van der Waals surface area contributed by atoms with E-state index in [-0.39, 0.29) is 0 Å². The Morgan fingerprint density at radius 3 is 2.46 bits per heavy atom. The van der Waals surface area contributed by atoms with Gasteiger partial charge in [-0.3, -0.25) is 0 Å². The van der Waals surface area contributed by atoms with E-state index in [2.05, 4.69) is 13.5 Å². The summed E-state index contributed by atoms with van der Waals surface area (Å²) in [5.41, 5.74) is 0. The lowest BCUT2D eigenvalue weighted by atomic mass is 10.4. The average molecular weight is 225 g/mol. The predicted molar refractivity (Wildman–Crippen MR) is 59.6 cm³/mol. The Balaban J connectivity index is 3.57. The maximum absolute atomic E-state index is 5.78. The van der Waals surface area contributed by atoms with Crippen LogP contribution in [0, 0.1) is 0 Å². The lowest BCUT2D eigenvalue weighted by Gasteiger charge is -2.24. The second-order valence-electron chi connectivity index (χ2n) is 3.33. The summed E-state index contributed by atoms with van der Waals surface area (Å²) in [5.74, 6) is 0.725. The van der Waals surface area contributed by atoms with Crippen molar-refractivity contribution in [1.82, 2.24) is 0 Å². The van der Waals surface area contributed by atoms with E-state index in [1.165, 1.54) is 0 Å². The van der Waals surface area contributed by atoms with E-state index in [0.717, 1.165) is 37.8 Å². The molecule has 0 aromatic heterocycles. The summed E-state index contributed by atoms with van der Waals surface area (Å²) in [6, 6.07) is 1.07. The molecule has 0 heterocycles. The van der Waals surface area contributed by atoms with Crippen LogP contribution in [0.2, 0.25) is 12.6 Å². The van der Waals surface area contributed by atoms with Crippen molar-refractivity contribution in [3.8, 4) is 0 Å². The van der Waals surface area contributed by atoms with E-state index < -0.39 is 8.56 Å². The number of alkyl halides is 1. The molecule has 0 fully saturated rings. The Bertz CT molecular complexity index is 124. The van der Waals surface area contributed by atoms with Crippen molar-refractivity contribution < 1.29 is 8.85 Å². The highest BCUT2D eigenvalue weighted by Crippen LogP contribution is 2.14. The highest BCUT2D eigenvalue weighted by molar-refractivity contribution is 6.65. The first-order valence-corrected chi connectivity index (χ1v) is 7.99. The van der Waals surface area contributed by atoms with Gasteiger partial charge >= 0.3 is 8.56 Å². The van der Waals surface area contributed by atoms with Crippen LogP contribution in [0.5, 0.6) is 0 Å². The smallest absolute Gasteiger partial charge is 0.334 e. The monoisotopic (exact) mass is 224 g/mol. The summed E-state index contributed by atoms with van der Waals surface area (Å²) >= 11 is 5.57. The summed E-state index contributed by atoms with van der Waals surface area (Å²) in [6.45, 7) is 5.08. The molecule has 0 saturated heterocycles. The van der Waals surface area contributed by atoms with Crippen LogP contribution in [0.3, 0.4) is 0 Å². The molecule has 0 spiro atoms. The van der Waals surface area contributed by atoms with E-state index in [9.17, 15) is 0 Å². The largest absolute Gasteiger partial charge is 0.398 e. The van der Waals surface area contributed by atoms with Crippen LogP contribution in [0.15, 0.2) is 0 Å². The molecule has 2 nitrogen and oxygen atoms in total. The molecular formula is C9H21ClO2Si. The molecule has 0 rings (SSSR count). The molecular weight excluding hydrogens is 204 g/mol. The van der Waals surface area contributed by atoms with Crippen LogP contribution in [-0.4, -0.2) is 28.2 Å². The minimum atomic E-state index is -1.82. The van der Waals surface area contributed by atoms with Crippen molar-refractivity contribution in [3.63, 3.8) is 0 Å². The summed E-state index contributed by atoms with van der Waals surface area (Å²) in [7, 11) is -0.0631. The van der Waals surface area contributed by atoms with Gasteiger partial charge in [0.15, 0.2) is 0 Å². The summed E-state index contributed by atoms with van der Waals surface area (Å²) < 4.78 is 11.2. The van der Waals surface area contributed by atoms with Crippen molar-refractivity contribution in [1.29, 1.82) is 0 Å². The van der Waals surface area contributed by atoms with Gasteiger partial charge in [-0.05, 0) is 25.4 Å². The van der Waals surface area contributed by atoms with Gasteiger partial charge in [0.2, 0.25) is 0 Å². The zero-order chi connectivity index (χ0) is 10.2. The van der Waals surface area contributed by atoms with E-state index in [4.69, 9.17) is 20.5 Å².